The summed E-state index contributed by atoms with van der Waals surface area (Å²) in [5, 5.41) is 15.4. The van der Waals surface area contributed by atoms with E-state index in [1.807, 2.05) is 152 Å². The summed E-state index contributed by atoms with van der Waals surface area (Å²) in [5.41, 5.74) is 5.72. The maximum Gasteiger partial charge on any atom is 0.185 e. The molecule has 12 nitrogen and oxygen atoms in total. The summed E-state index contributed by atoms with van der Waals surface area (Å²) in [4.78, 5) is 31.1. The zero-order valence-corrected chi connectivity index (χ0v) is 51.5. The number of hydrogen-bond acceptors (Lipinski definition) is 12. The van der Waals surface area contributed by atoms with Crippen molar-refractivity contribution in [1.29, 1.82) is 0 Å². The molecular weight excluding hydrogens is 1360 g/mol. The maximum atomic E-state index is 11.6. The van der Waals surface area contributed by atoms with Gasteiger partial charge in [0, 0.05) is 19.6 Å². The fraction of sp³-hybridized carbons (Fsp3) is 0.407. The van der Waals surface area contributed by atoms with E-state index in [0.29, 0.717) is 85.3 Å². The Hall–Kier alpha value is -3.92. The molecule has 0 unspecified atom stereocenters. The largest absolute Gasteiger partial charge is 0.396 e. The standard InChI is InChI=1S/C12H16O3.C10H14O2.C10H12O2.C10H12O.C9H11FO.C4H6F2IO2.C3H6I2.CH3FO/c1-2-15-12(13)8-9-14-10-11-6-4-3-5-7-11;2*11-7-4-8-12-9-10-5-2-1-3-6-10;1-2-8-11-9-10-6-4-3-5-7-10;10-6-7-11-8-9-4-2-1-3-5-9;1-2-9-4(8)7-3(5)6;1-2-3(4)5;2-1-3/h3-7H,2,8-10H2,1H3;1-3,5-6,11H,4,7-9H2;1-3,5-7H,4,8-9H2;2-7H,1,8-9H2;1-5H,6-8H2;3H,2H2,1H3;3H,2H2,1H3;3H,1H2/q;;;;;-1;;. The third kappa shape index (κ3) is 61.3. The van der Waals surface area contributed by atoms with Gasteiger partial charge in [0.1, 0.15) is 13.0 Å². The molecule has 0 amide bonds. The predicted octanol–water partition coefficient (Wildman–Crippen LogP) is 11.0. The van der Waals surface area contributed by atoms with Crippen molar-refractivity contribution < 1.29 is 96.5 Å². The van der Waals surface area contributed by atoms with Crippen LogP contribution in [0.5, 0.6) is 0 Å². The number of aldehydes is 1. The molecule has 5 rings (SSSR count). The number of alkyl halides is 7. The van der Waals surface area contributed by atoms with Crippen molar-refractivity contribution in [2.45, 2.75) is 85.9 Å². The first-order chi connectivity index (χ1) is 37.9. The van der Waals surface area contributed by atoms with Crippen LogP contribution in [-0.4, -0.2) is 99.2 Å². The minimum absolute atomic E-state index is 0.186. The number of carbonyl (C=O) groups excluding carboxylic acids is 3. The number of hydrogen-bond donors (Lipinski definition) is 2. The second kappa shape index (κ2) is 63.9. The van der Waals surface area contributed by atoms with Gasteiger partial charge in [0.05, 0.1) is 74.4 Å². The van der Waals surface area contributed by atoms with Crippen LogP contribution >= 0.6 is 45.2 Å². The number of ether oxygens (including phenoxy) is 7. The zero-order chi connectivity index (χ0) is 58.4. The number of benzene rings is 5. The van der Waals surface area contributed by atoms with E-state index in [1.54, 1.807) is 19.9 Å². The van der Waals surface area contributed by atoms with Gasteiger partial charge < -0.3 is 43.4 Å². The monoisotopic (exact) mass is 1440 g/mol. The first-order valence-electron chi connectivity index (χ1n) is 24.9. The summed E-state index contributed by atoms with van der Waals surface area (Å²) < 4.78 is 76.9. The van der Waals surface area contributed by atoms with Gasteiger partial charge in [-0.15, -0.1) is 6.58 Å². The molecule has 0 saturated heterocycles. The number of aliphatic hydroxyl groups is 2. The Morgan fingerprint density at radius 1 is 0.577 bits per heavy atom. The Bertz CT molecular complexity index is 2010. The SMILES string of the molecule is C=CCOCc1ccccc1.CCC(I)I.CCOC(=O)CCOCc1ccccc1.CCOC(=O)[I-]C(F)F.FCCOCc1ccccc1.O=CCCOCc1ccccc1.OCCCOCc1ccccc1.OCF. The second-order valence-corrected chi connectivity index (χ2v) is 22.5. The Labute approximate surface area is 498 Å². The van der Waals surface area contributed by atoms with E-state index >= 15 is 0 Å². The van der Waals surface area contributed by atoms with Gasteiger partial charge in [-0.1, -0.05) is 210 Å². The van der Waals surface area contributed by atoms with Crippen molar-refractivity contribution in [3.05, 3.63) is 192 Å². The first-order valence-corrected chi connectivity index (χ1v) is 29.7. The summed E-state index contributed by atoms with van der Waals surface area (Å²) in [6.45, 7) is 13.6. The van der Waals surface area contributed by atoms with E-state index in [9.17, 15) is 31.9 Å². The van der Waals surface area contributed by atoms with Gasteiger partial charge in [-0.3, -0.25) is 4.79 Å². The third-order valence-electron chi connectivity index (χ3n) is 8.34. The van der Waals surface area contributed by atoms with Crippen LogP contribution in [0.4, 0.5) is 22.4 Å². The zero-order valence-electron chi connectivity index (χ0n) is 45.0. The van der Waals surface area contributed by atoms with Crippen molar-refractivity contribution in [2.24, 2.45) is 0 Å². The molecule has 5 aromatic carbocycles. The molecule has 5 aromatic rings. The van der Waals surface area contributed by atoms with Crippen LogP contribution in [-0.2, 0) is 75.8 Å². The fourth-order valence-corrected chi connectivity index (χ4v) is 5.72. The number of aliphatic hydroxyl groups excluding tert-OH is 2. The smallest absolute Gasteiger partial charge is 0.185 e. The average Bonchev–Trinajstić information content (AvgIpc) is 3.45. The van der Waals surface area contributed by atoms with Crippen molar-refractivity contribution in [2.75, 3.05) is 66.4 Å². The summed E-state index contributed by atoms with van der Waals surface area (Å²) in [7, 11) is 0. The van der Waals surface area contributed by atoms with E-state index < -0.39 is 43.1 Å². The normalized spacial score (nSPS) is 9.71. The van der Waals surface area contributed by atoms with E-state index in [0.717, 1.165) is 24.9 Å². The Balaban J connectivity index is -0.000000846. The number of carbonyl (C=O) groups is 3. The van der Waals surface area contributed by atoms with Gasteiger partial charge >= 0.3 is 67.4 Å². The molecule has 0 fully saturated rings. The molecule has 0 aliphatic heterocycles. The Morgan fingerprint density at radius 3 is 1.23 bits per heavy atom. The van der Waals surface area contributed by atoms with Crippen molar-refractivity contribution in [3.8, 4) is 0 Å². The summed E-state index contributed by atoms with van der Waals surface area (Å²) >= 11 is 3.09. The number of esters is 1. The molecule has 0 atom stereocenters. The summed E-state index contributed by atoms with van der Waals surface area (Å²) in [6.07, 6.45) is 5.41. The molecule has 0 radical (unpaired) electrons. The Kier molecular flexibility index (Phi) is 64.2. The van der Waals surface area contributed by atoms with Gasteiger partial charge in [0.15, 0.2) is 6.86 Å². The van der Waals surface area contributed by atoms with Gasteiger partial charge in [0.25, 0.3) is 0 Å². The number of halogens is 7. The minimum Gasteiger partial charge on any atom is -0.396 e. The molecule has 0 saturated carbocycles. The van der Waals surface area contributed by atoms with Crippen LogP contribution in [0.1, 0.15) is 74.3 Å². The molecule has 2 N–H and O–H groups in total. The summed E-state index contributed by atoms with van der Waals surface area (Å²) in [5.74, 6) is -0.203. The average molecular weight is 1440 g/mol. The van der Waals surface area contributed by atoms with Crippen LogP contribution in [0.25, 0.3) is 0 Å². The minimum atomic E-state index is -2.48. The molecular formula is C59H80F4I3O12-. The molecule has 0 aromatic heterocycles. The topological polar surface area (TPSA) is 156 Å². The van der Waals surface area contributed by atoms with E-state index in [-0.39, 0.29) is 25.8 Å². The fourth-order valence-electron chi connectivity index (χ4n) is 4.84. The molecule has 0 bridgehead atoms. The first kappa shape index (κ1) is 78.3. The predicted molar refractivity (Wildman–Crippen MR) is 314 cm³/mol. The molecule has 0 aliphatic carbocycles. The summed E-state index contributed by atoms with van der Waals surface area (Å²) in [6, 6.07) is 49.6. The van der Waals surface area contributed by atoms with Crippen LogP contribution in [0.15, 0.2) is 164 Å². The molecule has 0 aliphatic rings. The van der Waals surface area contributed by atoms with Crippen LogP contribution in [0.2, 0.25) is 0 Å². The molecule has 0 heterocycles. The molecule has 0 spiro atoms. The van der Waals surface area contributed by atoms with Gasteiger partial charge in [0.2, 0.25) is 0 Å². The van der Waals surface area contributed by atoms with Crippen LogP contribution in [0, 0.1) is 0 Å². The van der Waals surface area contributed by atoms with Crippen LogP contribution in [0.3, 0.4) is 0 Å². The molecule has 78 heavy (non-hydrogen) atoms. The van der Waals surface area contributed by atoms with E-state index in [2.05, 4.69) is 63.4 Å². The van der Waals surface area contributed by atoms with Crippen LogP contribution < -0.4 is 21.2 Å². The van der Waals surface area contributed by atoms with Gasteiger partial charge in [-0.25, -0.2) is 8.78 Å². The third-order valence-corrected chi connectivity index (χ3v) is 11.4. The van der Waals surface area contributed by atoms with Crippen molar-refractivity contribution >= 4 is 61.4 Å². The van der Waals surface area contributed by atoms with Crippen molar-refractivity contribution in [3.63, 3.8) is 0 Å². The second-order valence-electron chi connectivity index (χ2n) is 14.7. The Morgan fingerprint density at radius 2 is 0.923 bits per heavy atom. The maximum absolute atomic E-state index is 11.6. The van der Waals surface area contributed by atoms with E-state index in [4.69, 9.17) is 38.6 Å². The molecule has 19 heteroatoms. The molecule has 438 valence electrons. The van der Waals surface area contributed by atoms with Gasteiger partial charge in [-0.05, 0) is 47.6 Å². The quantitative estimate of drug-likeness (QED) is 0.00715. The van der Waals surface area contributed by atoms with Gasteiger partial charge in [-0.2, -0.15) is 0 Å². The van der Waals surface area contributed by atoms with E-state index in [1.165, 1.54) is 17.5 Å². The number of rotatable bonds is 28. The van der Waals surface area contributed by atoms with Crippen molar-refractivity contribution in [1.82, 2.24) is 0 Å².